The first-order valence-corrected chi connectivity index (χ1v) is 6.83. The lowest BCUT2D eigenvalue weighted by Gasteiger charge is -2.26. The van der Waals surface area contributed by atoms with Crippen LogP contribution in [0.25, 0.3) is 0 Å². The number of aryl methyl sites for hydroxylation is 1. The molecule has 100 valence electrons. The molecular formula is C15H19N3O. The lowest BCUT2D eigenvalue weighted by molar-refractivity contribution is 0.252. The van der Waals surface area contributed by atoms with E-state index >= 15 is 0 Å². The second-order valence-corrected chi connectivity index (χ2v) is 4.81. The van der Waals surface area contributed by atoms with Crippen LogP contribution in [0.2, 0.25) is 0 Å². The number of hydrogen-bond donors (Lipinski definition) is 1. The van der Waals surface area contributed by atoms with Crippen LogP contribution >= 0.6 is 0 Å². The molecule has 0 radical (unpaired) electrons. The number of fused-ring (bicyclic) bond motifs is 1. The number of nitrogens with one attached hydrogen (secondary N) is 1. The third-order valence-corrected chi connectivity index (χ3v) is 3.52. The summed E-state index contributed by atoms with van der Waals surface area (Å²) in [6, 6.07) is 8.64. The van der Waals surface area contributed by atoms with Crippen molar-refractivity contribution in [2.75, 3.05) is 6.61 Å². The van der Waals surface area contributed by atoms with Gasteiger partial charge in [-0.15, -0.1) is 0 Å². The van der Waals surface area contributed by atoms with Gasteiger partial charge in [0.25, 0.3) is 0 Å². The van der Waals surface area contributed by atoms with Crippen molar-refractivity contribution >= 4 is 0 Å². The minimum Gasteiger partial charge on any atom is -0.493 e. The maximum atomic E-state index is 5.67. The van der Waals surface area contributed by atoms with Crippen molar-refractivity contribution in [2.24, 2.45) is 0 Å². The fraction of sp³-hybridized carbons (Fsp3) is 0.400. The molecule has 1 aromatic carbocycles. The maximum absolute atomic E-state index is 5.67. The standard InChI is InChI=1S/C15H19N3O/c1-2-18-11-12(10-17-18)9-16-14-7-8-19-15-6-4-3-5-13(14)15/h3-6,10-11,14,16H,2,7-9H2,1H3. The van der Waals surface area contributed by atoms with E-state index in [0.717, 1.165) is 31.9 Å². The van der Waals surface area contributed by atoms with Crippen LogP contribution in [-0.2, 0) is 13.1 Å². The summed E-state index contributed by atoms with van der Waals surface area (Å²) in [5.74, 6) is 1.01. The Balaban J connectivity index is 1.68. The van der Waals surface area contributed by atoms with E-state index in [1.54, 1.807) is 0 Å². The SMILES string of the molecule is CCn1cc(CNC2CCOc3ccccc32)cn1. The summed E-state index contributed by atoms with van der Waals surface area (Å²) in [6.07, 6.45) is 5.04. The van der Waals surface area contributed by atoms with Crippen LogP contribution in [0.3, 0.4) is 0 Å². The first-order valence-electron chi connectivity index (χ1n) is 6.83. The van der Waals surface area contributed by atoms with E-state index in [4.69, 9.17) is 4.74 Å². The maximum Gasteiger partial charge on any atom is 0.124 e. The summed E-state index contributed by atoms with van der Waals surface area (Å²) in [6.45, 7) is 4.64. The Hall–Kier alpha value is -1.81. The highest BCUT2D eigenvalue weighted by Gasteiger charge is 2.20. The van der Waals surface area contributed by atoms with Crippen molar-refractivity contribution in [3.05, 3.63) is 47.8 Å². The average molecular weight is 257 g/mol. The van der Waals surface area contributed by atoms with Crippen LogP contribution in [0.15, 0.2) is 36.7 Å². The third-order valence-electron chi connectivity index (χ3n) is 3.52. The number of rotatable bonds is 4. The van der Waals surface area contributed by atoms with Crippen LogP contribution in [0.1, 0.15) is 30.5 Å². The minimum absolute atomic E-state index is 0.370. The summed E-state index contributed by atoms with van der Waals surface area (Å²) < 4.78 is 7.62. The molecular weight excluding hydrogens is 238 g/mol. The molecule has 0 bridgehead atoms. The number of nitrogens with zero attached hydrogens (tertiary/aromatic N) is 2. The fourth-order valence-electron chi connectivity index (χ4n) is 2.47. The van der Waals surface area contributed by atoms with Gasteiger partial charge in [0.05, 0.1) is 12.8 Å². The quantitative estimate of drug-likeness (QED) is 0.914. The number of ether oxygens (including phenoxy) is 1. The van der Waals surface area contributed by atoms with Gasteiger partial charge in [-0.1, -0.05) is 18.2 Å². The topological polar surface area (TPSA) is 39.1 Å². The number of benzene rings is 1. The summed E-state index contributed by atoms with van der Waals surface area (Å²) in [5.41, 5.74) is 2.49. The van der Waals surface area contributed by atoms with Crippen molar-refractivity contribution in [1.82, 2.24) is 15.1 Å². The predicted molar refractivity (Wildman–Crippen MR) is 74.0 cm³/mol. The van der Waals surface area contributed by atoms with Gasteiger partial charge in [-0.25, -0.2) is 0 Å². The van der Waals surface area contributed by atoms with Crippen LogP contribution in [-0.4, -0.2) is 16.4 Å². The molecule has 3 rings (SSSR count). The molecule has 0 saturated heterocycles. The van der Waals surface area contributed by atoms with Crippen LogP contribution in [0, 0.1) is 0 Å². The zero-order valence-electron chi connectivity index (χ0n) is 11.2. The molecule has 0 amide bonds. The molecule has 1 aliphatic rings. The Labute approximate surface area is 113 Å². The van der Waals surface area contributed by atoms with Gasteiger partial charge in [0.15, 0.2) is 0 Å². The van der Waals surface area contributed by atoms with Crippen molar-refractivity contribution in [3.63, 3.8) is 0 Å². The number of aromatic nitrogens is 2. The van der Waals surface area contributed by atoms with Crippen molar-refractivity contribution in [2.45, 2.75) is 32.5 Å². The molecule has 19 heavy (non-hydrogen) atoms. The van der Waals surface area contributed by atoms with Gasteiger partial charge in [0, 0.05) is 42.9 Å². The molecule has 0 spiro atoms. The lowest BCUT2D eigenvalue weighted by Crippen LogP contribution is -2.26. The van der Waals surface area contributed by atoms with Gasteiger partial charge in [-0.3, -0.25) is 4.68 Å². The first-order chi connectivity index (χ1) is 9.36. The van der Waals surface area contributed by atoms with Gasteiger partial charge in [0.2, 0.25) is 0 Å². The van der Waals surface area contributed by atoms with Crippen molar-refractivity contribution in [1.29, 1.82) is 0 Å². The Morgan fingerprint density at radius 1 is 1.42 bits per heavy atom. The normalized spacial score (nSPS) is 17.8. The molecule has 2 aromatic rings. The largest absolute Gasteiger partial charge is 0.493 e. The Morgan fingerprint density at radius 3 is 3.16 bits per heavy atom. The molecule has 0 saturated carbocycles. The molecule has 1 aliphatic heterocycles. The van der Waals surface area contributed by atoms with Gasteiger partial charge in [0.1, 0.15) is 5.75 Å². The molecule has 1 atom stereocenters. The van der Waals surface area contributed by atoms with E-state index in [1.165, 1.54) is 11.1 Å². The summed E-state index contributed by atoms with van der Waals surface area (Å²) in [7, 11) is 0. The van der Waals surface area contributed by atoms with Gasteiger partial charge >= 0.3 is 0 Å². The molecule has 1 unspecified atom stereocenters. The third kappa shape index (κ3) is 2.63. The molecule has 4 nitrogen and oxygen atoms in total. The smallest absolute Gasteiger partial charge is 0.124 e. The second-order valence-electron chi connectivity index (χ2n) is 4.81. The monoisotopic (exact) mass is 257 g/mol. The molecule has 2 heterocycles. The van der Waals surface area contributed by atoms with Gasteiger partial charge < -0.3 is 10.1 Å². The predicted octanol–water partition coefficient (Wildman–Crippen LogP) is 2.52. The minimum atomic E-state index is 0.370. The van der Waals surface area contributed by atoms with E-state index in [0.29, 0.717) is 6.04 Å². The second kappa shape index (κ2) is 5.45. The van der Waals surface area contributed by atoms with Crippen LogP contribution in [0.4, 0.5) is 0 Å². The average Bonchev–Trinajstić information content (AvgIpc) is 2.93. The highest BCUT2D eigenvalue weighted by atomic mass is 16.5. The zero-order chi connectivity index (χ0) is 13.1. The van der Waals surface area contributed by atoms with E-state index < -0.39 is 0 Å². The Bertz CT molecular complexity index is 550. The number of para-hydroxylation sites is 1. The van der Waals surface area contributed by atoms with Crippen molar-refractivity contribution < 1.29 is 4.74 Å². The van der Waals surface area contributed by atoms with Crippen molar-refractivity contribution in [3.8, 4) is 5.75 Å². The fourth-order valence-corrected chi connectivity index (χ4v) is 2.47. The summed E-state index contributed by atoms with van der Waals surface area (Å²) in [4.78, 5) is 0. The molecule has 1 aromatic heterocycles. The Kier molecular flexibility index (Phi) is 3.51. The first kappa shape index (κ1) is 12.2. The summed E-state index contributed by atoms with van der Waals surface area (Å²) >= 11 is 0. The van der Waals surface area contributed by atoms with E-state index in [9.17, 15) is 0 Å². The Morgan fingerprint density at radius 2 is 2.32 bits per heavy atom. The number of hydrogen-bond acceptors (Lipinski definition) is 3. The van der Waals surface area contributed by atoms with E-state index in [1.807, 2.05) is 23.0 Å². The molecule has 1 N–H and O–H groups in total. The molecule has 0 aliphatic carbocycles. The highest BCUT2D eigenvalue weighted by Crippen LogP contribution is 2.31. The molecule has 0 fully saturated rings. The van der Waals surface area contributed by atoms with Gasteiger partial charge in [-0.05, 0) is 13.0 Å². The van der Waals surface area contributed by atoms with E-state index in [-0.39, 0.29) is 0 Å². The van der Waals surface area contributed by atoms with E-state index in [2.05, 4.69) is 35.7 Å². The summed E-state index contributed by atoms with van der Waals surface area (Å²) in [5, 5.41) is 7.89. The van der Waals surface area contributed by atoms with Gasteiger partial charge in [-0.2, -0.15) is 5.10 Å². The molecule has 4 heteroatoms. The zero-order valence-corrected chi connectivity index (χ0v) is 11.2. The van der Waals surface area contributed by atoms with Crippen LogP contribution < -0.4 is 10.1 Å². The van der Waals surface area contributed by atoms with Crippen LogP contribution in [0.5, 0.6) is 5.75 Å². The lowest BCUT2D eigenvalue weighted by atomic mass is 10.0. The highest BCUT2D eigenvalue weighted by molar-refractivity contribution is 5.37.